The van der Waals surface area contributed by atoms with Gasteiger partial charge in [0.25, 0.3) is 0 Å². The Morgan fingerprint density at radius 2 is 2.10 bits per heavy atom. The molecule has 8 heteroatoms. The van der Waals surface area contributed by atoms with Crippen LogP contribution in [0.25, 0.3) is 0 Å². The summed E-state index contributed by atoms with van der Waals surface area (Å²) in [6.07, 6.45) is 0.710. The molecule has 1 heterocycles. The van der Waals surface area contributed by atoms with Crippen molar-refractivity contribution in [2.45, 2.75) is 38.1 Å². The number of nitrogens with zero attached hydrogens (tertiary/aromatic N) is 3. The number of rotatable bonds is 7. The molecular weight excluding hydrogens is 280 g/mol. The Morgan fingerprint density at radius 1 is 1.50 bits per heavy atom. The molecule has 1 unspecified atom stereocenters. The molecule has 7 nitrogen and oxygen atoms in total. The number of sulfonamides is 1. The van der Waals surface area contributed by atoms with Gasteiger partial charge in [-0.05, 0) is 20.3 Å². The van der Waals surface area contributed by atoms with Gasteiger partial charge < -0.3 is 10.5 Å². The maximum Gasteiger partial charge on any atom is 0.248 e. The van der Waals surface area contributed by atoms with Crippen LogP contribution >= 0.6 is 0 Å². The maximum absolute atomic E-state index is 12.8. The van der Waals surface area contributed by atoms with E-state index in [9.17, 15) is 8.42 Å². The molecular formula is C12H24N4O3S. The van der Waals surface area contributed by atoms with Crippen LogP contribution < -0.4 is 5.73 Å². The standard InChI is InChI=1S/C12H24N4O3S/c1-6-9(2)16(7-8-19-5)20(17,18)11-10(3)15(4)14-12(11)13/h9H,6-8H2,1-5H3,(H2,13,14). The third-order valence-electron chi connectivity index (χ3n) is 3.47. The highest BCUT2D eigenvalue weighted by molar-refractivity contribution is 7.89. The monoisotopic (exact) mass is 304 g/mol. The Kier molecular flexibility index (Phi) is 5.55. The number of methoxy groups -OCH3 is 1. The molecule has 116 valence electrons. The molecule has 0 saturated heterocycles. The number of nitrogen functional groups attached to an aromatic ring is 1. The van der Waals surface area contributed by atoms with Crippen molar-refractivity contribution in [3.63, 3.8) is 0 Å². The van der Waals surface area contributed by atoms with Crippen molar-refractivity contribution in [3.05, 3.63) is 5.69 Å². The number of aromatic nitrogens is 2. The summed E-state index contributed by atoms with van der Waals surface area (Å²) >= 11 is 0. The first kappa shape index (κ1) is 16.9. The summed E-state index contributed by atoms with van der Waals surface area (Å²) in [6, 6.07) is -0.130. The van der Waals surface area contributed by atoms with Gasteiger partial charge in [-0.3, -0.25) is 4.68 Å². The van der Waals surface area contributed by atoms with Gasteiger partial charge in [-0.15, -0.1) is 0 Å². The molecule has 0 saturated carbocycles. The van der Waals surface area contributed by atoms with Crippen LogP contribution in [-0.2, 0) is 21.8 Å². The van der Waals surface area contributed by atoms with E-state index in [2.05, 4.69) is 5.10 Å². The van der Waals surface area contributed by atoms with E-state index in [1.54, 1.807) is 21.1 Å². The molecule has 0 amide bonds. The highest BCUT2D eigenvalue weighted by Crippen LogP contribution is 2.26. The van der Waals surface area contributed by atoms with E-state index in [1.807, 2.05) is 13.8 Å². The van der Waals surface area contributed by atoms with Crippen LogP contribution in [0.1, 0.15) is 26.0 Å². The number of ether oxygens (including phenoxy) is 1. The lowest BCUT2D eigenvalue weighted by Crippen LogP contribution is -2.40. The summed E-state index contributed by atoms with van der Waals surface area (Å²) in [5.41, 5.74) is 6.30. The van der Waals surface area contributed by atoms with Gasteiger partial charge in [0.1, 0.15) is 4.90 Å². The number of aryl methyl sites for hydroxylation is 1. The Hall–Kier alpha value is -1.12. The first-order valence-electron chi connectivity index (χ1n) is 6.57. The summed E-state index contributed by atoms with van der Waals surface area (Å²) in [5, 5.41) is 3.98. The molecule has 0 spiro atoms. The van der Waals surface area contributed by atoms with Crippen LogP contribution in [0.3, 0.4) is 0 Å². The molecule has 0 aliphatic heterocycles. The lowest BCUT2D eigenvalue weighted by molar-refractivity contribution is 0.167. The van der Waals surface area contributed by atoms with Crippen LogP contribution in [0.4, 0.5) is 5.82 Å². The molecule has 1 atom stereocenters. The van der Waals surface area contributed by atoms with Crippen LogP contribution in [0.2, 0.25) is 0 Å². The van der Waals surface area contributed by atoms with E-state index in [0.717, 1.165) is 0 Å². The van der Waals surface area contributed by atoms with Crippen molar-refractivity contribution >= 4 is 15.8 Å². The fraction of sp³-hybridized carbons (Fsp3) is 0.750. The lowest BCUT2D eigenvalue weighted by Gasteiger charge is -2.27. The third kappa shape index (κ3) is 3.13. The van der Waals surface area contributed by atoms with Gasteiger partial charge in [0.2, 0.25) is 10.0 Å². The fourth-order valence-electron chi connectivity index (χ4n) is 2.01. The Labute approximate surface area is 120 Å². The highest BCUT2D eigenvalue weighted by atomic mass is 32.2. The summed E-state index contributed by atoms with van der Waals surface area (Å²) in [7, 11) is -0.459. The minimum absolute atomic E-state index is 0.0377. The summed E-state index contributed by atoms with van der Waals surface area (Å²) in [4.78, 5) is 0.0939. The zero-order chi connectivity index (χ0) is 15.5. The molecule has 0 bridgehead atoms. The average molecular weight is 304 g/mol. The average Bonchev–Trinajstić information content (AvgIpc) is 2.63. The molecule has 1 aromatic rings. The summed E-state index contributed by atoms with van der Waals surface area (Å²) in [5.74, 6) is 0.0377. The molecule has 20 heavy (non-hydrogen) atoms. The van der Waals surface area contributed by atoms with Crippen LogP contribution in [-0.4, -0.2) is 48.8 Å². The minimum atomic E-state index is -3.68. The second-order valence-corrected chi connectivity index (χ2v) is 6.62. The third-order valence-corrected chi connectivity index (χ3v) is 5.65. The number of hydrogen-bond donors (Lipinski definition) is 1. The van der Waals surface area contributed by atoms with E-state index in [0.29, 0.717) is 25.3 Å². The van der Waals surface area contributed by atoms with E-state index in [4.69, 9.17) is 10.5 Å². The zero-order valence-electron chi connectivity index (χ0n) is 12.8. The topological polar surface area (TPSA) is 90.4 Å². The molecule has 1 aromatic heterocycles. The normalized spacial score (nSPS) is 13.9. The zero-order valence-corrected chi connectivity index (χ0v) is 13.6. The van der Waals surface area contributed by atoms with Gasteiger partial charge in [-0.25, -0.2) is 8.42 Å². The molecule has 2 N–H and O–H groups in total. The second kappa shape index (κ2) is 6.55. The Morgan fingerprint density at radius 3 is 2.50 bits per heavy atom. The maximum atomic E-state index is 12.8. The largest absolute Gasteiger partial charge is 0.383 e. The minimum Gasteiger partial charge on any atom is -0.383 e. The molecule has 0 aliphatic rings. The van der Waals surface area contributed by atoms with Gasteiger partial charge in [0, 0.05) is 26.7 Å². The van der Waals surface area contributed by atoms with Crippen LogP contribution in [0, 0.1) is 6.92 Å². The highest BCUT2D eigenvalue weighted by Gasteiger charge is 2.33. The predicted octanol–water partition coefficient (Wildman–Crippen LogP) is 0.746. The Balaban J connectivity index is 3.28. The number of anilines is 1. The second-order valence-electron chi connectivity index (χ2n) is 4.79. The van der Waals surface area contributed by atoms with Crippen molar-refractivity contribution < 1.29 is 13.2 Å². The van der Waals surface area contributed by atoms with Crippen molar-refractivity contribution in [3.8, 4) is 0 Å². The van der Waals surface area contributed by atoms with E-state index < -0.39 is 10.0 Å². The van der Waals surface area contributed by atoms with E-state index >= 15 is 0 Å². The smallest absolute Gasteiger partial charge is 0.248 e. The lowest BCUT2D eigenvalue weighted by atomic mass is 10.3. The van der Waals surface area contributed by atoms with Gasteiger partial charge in [-0.1, -0.05) is 6.92 Å². The van der Waals surface area contributed by atoms with Gasteiger partial charge in [0.15, 0.2) is 5.82 Å². The van der Waals surface area contributed by atoms with Crippen LogP contribution in [0.15, 0.2) is 4.90 Å². The molecule has 0 aliphatic carbocycles. The van der Waals surface area contributed by atoms with Gasteiger partial charge in [-0.2, -0.15) is 9.40 Å². The summed E-state index contributed by atoms with van der Waals surface area (Å²) < 4.78 is 33.6. The first-order chi connectivity index (χ1) is 9.27. The SMILES string of the molecule is CCC(C)N(CCOC)S(=O)(=O)c1c(N)nn(C)c1C. The quantitative estimate of drug-likeness (QED) is 0.802. The number of nitrogens with two attached hydrogens (primary N) is 1. The predicted molar refractivity (Wildman–Crippen MR) is 77.9 cm³/mol. The number of hydrogen-bond acceptors (Lipinski definition) is 5. The molecule has 0 fully saturated rings. The van der Waals surface area contributed by atoms with E-state index in [1.165, 1.54) is 8.99 Å². The van der Waals surface area contributed by atoms with Crippen molar-refractivity contribution in [1.29, 1.82) is 0 Å². The fourth-order valence-corrected chi connectivity index (χ4v) is 4.00. The van der Waals surface area contributed by atoms with Crippen molar-refractivity contribution in [2.75, 3.05) is 26.0 Å². The first-order valence-corrected chi connectivity index (χ1v) is 8.01. The van der Waals surface area contributed by atoms with Gasteiger partial charge >= 0.3 is 0 Å². The van der Waals surface area contributed by atoms with Crippen LogP contribution in [0.5, 0.6) is 0 Å². The van der Waals surface area contributed by atoms with Gasteiger partial charge in [0.05, 0.1) is 12.3 Å². The molecule has 0 aromatic carbocycles. The summed E-state index contributed by atoms with van der Waals surface area (Å²) in [6.45, 7) is 6.14. The molecule has 0 radical (unpaired) electrons. The molecule has 1 rings (SSSR count). The van der Waals surface area contributed by atoms with Crippen molar-refractivity contribution in [2.24, 2.45) is 7.05 Å². The van der Waals surface area contributed by atoms with E-state index in [-0.39, 0.29) is 16.8 Å². The van der Waals surface area contributed by atoms with Crippen molar-refractivity contribution in [1.82, 2.24) is 14.1 Å². The Bertz CT molecular complexity index is 553.